The van der Waals surface area contributed by atoms with Gasteiger partial charge in [-0.2, -0.15) is 0 Å². The lowest BCUT2D eigenvalue weighted by Gasteiger charge is -2.71. The number of rotatable bonds is 12. The van der Waals surface area contributed by atoms with Crippen LogP contribution in [0.3, 0.4) is 0 Å². The Kier molecular flexibility index (Phi) is 16.7. The quantitative estimate of drug-likeness (QED) is 0.0616. The summed E-state index contributed by atoms with van der Waals surface area (Å²) in [5, 5.41) is 138. The van der Waals surface area contributed by atoms with Gasteiger partial charge in [-0.3, -0.25) is 4.79 Å². The van der Waals surface area contributed by atoms with Crippen LogP contribution in [-0.4, -0.2) is 227 Å². The number of ether oxygens (including phenoxy) is 8. The average molecular weight is 1100 g/mol. The fourth-order valence-corrected chi connectivity index (χ4v) is 16.4. The number of hydrogen-bond acceptors (Lipinski definition) is 22. The third kappa shape index (κ3) is 9.86. The number of carboxylic acid groups (broad SMARTS) is 1. The number of allylic oxidation sites excluding steroid dienone is 2. The van der Waals surface area contributed by atoms with E-state index < -0.39 is 172 Å². The lowest BCUT2D eigenvalue weighted by molar-refractivity contribution is -0.371. The fourth-order valence-electron chi connectivity index (χ4n) is 16.4. The summed E-state index contributed by atoms with van der Waals surface area (Å²) < 4.78 is 48.3. The highest BCUT2D eigenvalue weighted by molar-refractivity contribution is 5.79. The Hall–Kier alpha value is -2.08. The predicted octanol–water partition coefficient (Wildman–Crippen LogP) is -1.26. The standard InChI is InChI=1S/C54H86O23/c1-49(2)14-16-54(48(69)77-46-39(65)37(63)34(60)27(20-56)73-46)17-15-52(6)23(24(54)18-49)8-9-30-51(5)12-11-31(50(3,4)29(51)10-13-53(30,52)7)74-47-43(76-45-38(64)32(58)25(57)21-71-45)41(40(66)42(75-47)44(67)68)70-22-28-35(61)36(62)33(59)26(19-55)72-28/h8,24-43,45-47,55-66H,9-22H2,1-7H3,(H,67,68)/t24-,25-,26+,27+,28-,29-,30+,31-,32-,33+,34+,35-,36-,37-,38+,39+,40-,41-,42-,43+,45-,46-,47+,51-,52+,53+,54-/m0/s1. The third-order valence-corrected chi connectivity index (χ3v) is 21.3. The lowest BCUT2D eigenvalue weighted by Crippen LogP contribution is -2.67. The van der Waals surface area contributed by atoms with Gasteiger partial charge in [0.2, 0.25) is 6.29 Å². The minimum atomic E-state index is -2.00. The zero-order chi connectivity index (χ0) is 56.3. The summed E-state index contributed by atoms with van der Waals surface area (Å²) in [4.78, 5) is 27.6. The summed E-state index contributed by atoms with van der Waals surface area (Å²) in [5.41, 5.74) is -1.35. The van der Waals surface area contributed by atoms with E-state index in [2.05, 4.69) is 54.5 Å². The largest absolute Gasteiger partial charge is 0.479 e. The van der Waals surface area contributed by atoms with Crippen molar-refractivity contribution in [1.82, 2.24) is 0 Å². The highest BCUT2D eigenvalue weighted by Crippen LogP contribution is 2.76. The van der Waals surface area contributed by atoms with Gasteiger partial charge < -0.3 is 104 Å². The van der Waals surface area contributed by atoms with E-state index in [0.29, 0.717) is 38.5 Å². The maximum absolute atomic E-state index is 14.8. The summed E-state index contributed by atoms with van der Waals surface area (Å²) in [6, 6.07) is 0. The monoisotopic (exact) mass is 1100 g/mol. The van der Waals surface area contributed by atoms with Gasteiger partial charge in [-0.1, -0.05) is 60.1 Å². The number of carbonyl (C=O) groups excluding carboxylic acids is 1. The molecule has 77 heavy (non-hydrogen) atoms. The van der Waals surface area contributed by atoms with Gasteiger partial charge >= 0.3 is 11.9 Å². The highest BCUT2D eigenvalue weighted by atomic mass is 16.8. The SMILES string of the molecule is CC1(C)CC[C@]2(C(=O)O[C@@H]3O[C@H](CO)[C@@H](O)[C@H](O)[C@H]3O)CC[C@]3(C)C(=CC[C@@H]4[C@@]5(C)CC[C@H](O[C@@H]6O[C@H](C(=O)O)[C@@H](O)[C@H](OC[C@@H]7O[C@H](CO)[C@@H](O)[C@H](O)[C@H]7O)[C@H]6O[C@@H]6OC[C@H](O)[C@H](O)[C@H]6O)C(C)(C)[C@@H]5CC[C@]43C)[C@@H]2C1. The van der Waals surface area contributed by atoms with Crippen LogP contribution in [0.5, 0.6) is 0 Å². The van der Waals surface area contributed by atoms with Gasteiger partial charge in [0.05, 0.1) is 37.9 Å². The molecule has 0 radical (unpaired) electrons. The first-order valence-corrected chi connectivity index (χ1v) is 27.7. The Balaban J connectivity index is 0.984. The van der Waals surface area contributed by atoms with Crippen molar-refractivity contribution < 1.29 is 114 Å². The van der Waals surface area contributed by atoms with E-state index in [1.807, 2.05) is 0 Å². The number of aliphatic carboxylic acids is 1. The van der Waals surface area contributed by atoms with Crippen LogP contribution < -0.4 is 0 Å². The van der Waals surface area contributed by atoms with Crippen molar-refractivity contribution in [2.45, 2.75) is 235 Å². The molecule has 4 saturated carbocycles. The fraction of sp³-hybridized carbons (Fsp3) is 0.926. The summed E-state index contributed by atoms with van der Waals surface area (Å²) in [7, 11) is 0. The molecule has 0 unspecified atom stereocenters. The summed E-state index contributed by atoms with van der Waals surface area (Å²) in [6.45, 7) is 13.2. The first kappa shape index (κ1) is 59.5. The molecule has 4 heterocycles. The Morgan fingerprint density at radius 1 is 0.623 bits per heavy atom. The Bertz CT molecular complexity index is 2160. The first-order chi connectivity index (χ1) is 36.0. The molecule has 13 N–H and O–H groups in total. The van der Waals surface area contributed by atoms with Crippen LogP contribution in [0, 0.1) is 50.2 Å². The number of esters is 1. The molecular formula is C54H86O23. The minimum Gasteiger partial charge on any atom is -0.479 e. The predicted molar refractivity (Wildman–Crippen MR) is 262 cm³/mol. The molecule has 9 aliphatic rings. The van der Waals surface area contributed by atoms with Gasteiger partial charge in [0, 0.05) is 0 Å². The van der Waals surface area contributed by atoms with E-state index in [9.17, 15) is 76.0 Å². The molecule has 27 atom stereocenters. The number of carbonyl (C=O) groups is 2. The van der Waals surface area contributed by atoms with Crippen molar-refractivity contribution in [3.05, 3.63) is 11.6 Å². The normalized spacial score (nSPS) is 52.4. The topological polar surface area (TPSA) is 371 Å². The van der Waals surface area contributed by atoms with E-state index in [0.717, 1.165) is 25.7 Å². The number of fused-ring (bicyclic) bond motifs is 7. The van der Waals surface area contributed by atoms with Gasteiger partial charge in [0.1, 0.15) is 91.6 Å². The van der Waals surface area contributed by atoms with Gasteiger partial charge in [-0.05, 0) is 109 Å². The molecule has 23 heteroatoms. The second-order valence-corrected chi connectivity index (χ2v) is 26.2. The number of hydrogen-bond donors (Lipinski definition) is 13. The number of carboxylic acids is 1. The molecular weight excluding hydrogens is 1020 g/mol. The van der Waals surface area contributed by atoms with Crippen LogP contribution >= 0.6 is 0 Å². The summed E-state index contributed by atoms with van der Waals surface area (Å²) in [5.74, 6) is -2.13. The Labute approximate surface area is 448 Å². The van der Waals surface area contributed by atoms with Crippen LogP contribution in [0.2, 0.25) is 0 Å². The molecule has 4 saturated heterocycles. The molecule has 0 aromatic heterocycles. The number of aliphatic hydroxyl groups is 12. The zero-order valence-corrected chi connectivity index (χ0v) is 45.2. The van der Waals surface area contributed by atoms with Crippen LogP contribution in [0.25, 0.3) is 0 Å². The van der Waals surface area contributed by atoms with E-state index in [1.165, 1.54) is 5.57 Å². The highest BCUT2D eigenvalue weighted by Gasteiger charge is 2.70. The van der Waals surface area contributed by atoms with E-state index in [-0.39, 0.29) is 39.4 Å². The Morgan fingerprint density at radius 3 is 1.91 bits per heavy atom. The maximum Gasteiger partial charge on any atom is 0.335 e. The molecule has 5 aliphatic carbocycles. The molecule has 0 bridgehead atoms. The van der Waals surface area contributed by atoms with Crippen molar-refractivity contribution >= 4 is 11.9 Å². The summed E-state index contributed by atoms with van der Waals surface area (Å²) in [6.07, 6.45) is -23.1. The Morgan fingerprint density at radius 2 is 1.25 bits per heavy atom. The molecule has 9 rings (SSSR count). The zero-order valence-electron chi connectivity index (χ0n) is 45.2. The molecule has 0 aromatic rings. The van der Waals surface area contributed by atoms with E-state index >= 15 is 0 Å². The first-order valence-electron chi connectivity index (χ1n) is 27.7. The van der Waals surface area contributed by atoms with Gasteiger partial charge in [0.25, 0.3) is 0 Å². The molecule has 4 aliphatic heterocycles. The second kappa shape index (κ2) is 21.6. The van der Waals surface area contributed by atoms with Crippen molar-refractivity contribution in [3.8, 4) is 0 Å². The van der Waals surface area contributed by atoms with Crippen LogP contribution in [0.15, 0.2) is 11.6 Å². The van der Waals surface area contributed by atoms with Crippen molar-refractivity contribution in [1.29, 1.82) is 0 Å². The van der Waals surface area contributed by atoms with Gasteiger partial charge in [-0.15, -0.1) is 0 Å². The number of aliphatic hydroxyl groups excluding tert-OH is 12. The van der Waals surface area contributed by atoms with E-state index in [4.69, 9.17) is 37.9 Å². The molecule has 0 spiro atoms. The van der Waals surface area contributed by atoms with Crippen molar-refractivity contribution in [2.75, 3.05) is 26.4 Å². The van der Waals surface area contributed by atoms with Gasteiger partial charge in [-0.25, -0.2) is 4.79 Å². The molecule has 440 valence electrons. The van der Waals surface area contributed by atoms with Gasteiger partial charge in [0.15, 0.2) is 18.7 Å². The maximum atomic E-state index is 14.8. The van der Waals surface area contributed by atoms with Crippen molar-refractivity contribution in [2.24, 2.45) is 50.2 Å². The van der Waals surface area contributed by atoms with Crippen LogP contribution in [-0.2, 0) is 47.5 Å². The average Bonchev–Trinajstić information content (AvgIpc) is 3.38. The lowest BCUT2D eigenvalue weighted by atomic mass is 9.33. The second-order valence-electron chi connectivity index (χ2n) is 26.2. The molecule has 0 amide bonds. The van der Waals surface area contributed by atoms with E-state index in [1.54, 1.807) is 0 Å². The molecule has 23 nitrogen and oxygen atoms in total. The van der Waals surface area contributed by atoms with Crippen molar-refractivity contribution in [3.63, 3.8) is 0 Å². The smallest absolute Gasteiger partial charge is 0.335 e. The summed E-state index contributed by atoms with van der Waals surface area (Å²) >= 11 is 0. The van der Waals surface area contributed by atoms with Crippen LogP contribution in [0.1, 0.15) is 113 Å². The third-order valence-electron chi connectivity index (χ3n) is 21.3. The molecule has 8 fully saturated rings. The molecule has 0 aromatic carbocycles. The minimum absolute atomic E-state index is 0.0253. The van der Waals surface area contributed by atoms with Crippen LogP contribution in [0.4, 0.5) is 0 Å².